The molecule has 3 rings (SSSR count). The van der Waals surface area contributed by atoms with Crippen LogP contribution >= 0.6 is 0 Å². The molecule has 2 aliphatic rings. The van der Waals surface area contributed by atoms with Crippen LogP contribution in [0.2, 0.25) is 0 Å². The Morgan fingerprint density at radius 3 is 2.07 bits per heavy atom. The number of carbonyl (C=O) groups excluding carboxylic acids is 2. The van der Waals surface area contributed by atoms with E-state index in [9.17, 15) is 9.59 Å². The molecule has 2 aliphatic heterocycles. The molecule has 0 aliphatic carbocycles. The van der Waals surface area contributed by atoms with Crippen LogP contribution in [-0.4, -0.2) is 84.8 Å². The van der Waals surface area contributed by atoms with Crippen LogP contribution in [0.4, 0.5) is 4.79 Å². The van der Waals surface area contributed by atoms with Gasteiger partial charge in [0, 0.05) is 51.4 Å². The molecule has 2 fully saturated rings. The monoisotopic (exact) mass is 389 g/mol. The molecule has 7 nitrogen and oxygen atoms in total. The van der Waals surface area contributed by atoms with Gasteiger partial charge in [0.1, 0.15) is 5.60 Å². The molecule has 0 atom stereocenters. The van der Waals surface area contributed by atoms with E-state index in [-0.39, 0.29) is 12.0 Å². The number of rotatable bonds is 3. The van der Waals surface area contributed by atoms with Gasteiger partial charge in [-0.3, -0.25) is 9.69 Å². The summed E-state index contributed by atoms with van der Waals surface area (Å²) in [6, 6.07) is 7.86. The quantitative estimate of drug-likeness (QED) is 0.793. The number of hydrogen-bond acceptors (Lipinski definition) is 5. The lowest BCUT2D eigenvalue weighted by Crippen LogP contribution is -2.51. The molecule has 1 aromatic carbocycles. The number of hydrogen-bond donors (Lipinski definition) is 0. The highest BCUT2D eigenvalue weighted by Gasteiger charge is 2.28. The van der Waals surface area contributed by atoms with Gasteiger partial charge in [0.2, 0.25) is 0 Å². The van der Waals surface area contributed by atoms with Gasteiger partial charge in [-0.15, -0.1) is 0 Å². The van der Waals surface area contributed by atoms with Crippen LogP contribution in [0.5, 0.6) is 0 Å². The summed E-state index contributed by atoms with van der Waals surface area (Å²) < 4.78 is 10.8. The SMILES string of the molecule is CC(C)(C)OC(=O)N1CCN(C(=O)c2ccc(CN3CCOCC3)cc2)CC1. The van der Waals surface area contributed by atoms with Crippen molar-refractivity contribution in [2.24, 2.45) is 0 Å². The summed E-state index contributed by atoms with van der Waals surface area (Å²) in [5.74, 6) is 0.0155. The van der Waals surface area contributed by atoms with Crippen LogP contribution in [0.25, 0.3) is 0 Å². The molecule has 1 aromatic rings. The Morgan fingerprint density at radius 2 is 1.50 bits per heavy atom. The van der Waals surface area contributed by atoms with Crippen molar-refractivity contribution < 1.29 is 19.1 Å². The third-order valence-electron chi connectivity index (χ3n) is 4.93. The van der Waals surface area contributed by atoms with E-state index in [4.69, 9.17) is 9.47 Å². The minimum Gasteiger partial charge on any atom is -0.444 e. The normalized spacial score (nSPS) is 18.8. The lowest BCUT2D eigenvalue weighted by molar-refractivity contribution is 0.0141. The topological polar surface area (TPSA) is 62.3 Å². The van der Waals surface area contributed by atoms with Gasteiger partial charge in [-0.1, -0.05) is 12.1 Å². The van der Waals surface area contributed by atoms with Gasteiger partial charge in [0.15, 0.2) is 0 Å². The number of nitrogens with zero attached hydrogens (tertiary/aromatic N) is 3. The molecule has 2 saturated heterocycles. The minimum absolute atomic E-state index is 0.0155. The van der Waals surface area contributed by atoms with Gasteiger partial charge in [0.05, 0.1) is 13.2 Å². The summed E-state index contributed by atoms with van der Waals surface area (Å²) in [7, 11) is 0. The predicted molar refractivity (Wildman–Crippen MR) is 106 cm³/mol. The van der Waals surface area contributed by atoms with E-state index in [0.717, 1.165) is 32.8 Å². The van der Waals surface area contributed by atoms with Crippen molar-refractivity contribution in [3.63, 3.8) is 0 Å². The van der Waals surface area contributed by atoms with E-state index in [1.165, 1.54) is 5.56 Å². The molecule has 7 heteroatoms. The maximum absolute atomic E-state index is 12.8. The van der Waals surface area contributed by atoms with E-state index < -0.39 is 5.60 Å². The molecule has 0 spiro atoms. The summed E-state index contributed by atoms with van der Waals surface area (Å²) in [5, 5.41) is 0. The molecule has 2 heterocycles. The highest BCUT2D eigenvalue weighted by Crippen LogP contribution is 2.15. The average Bonchev–Trinajstić information content (AvgIpc) is 2.68. The largest absolute Gasteiger partial charge is 0.444 e. The first-order valence-electron chi connectivity index (χ1n) is 9.98. The first kappa shape index (κ1) is 20.6. The van der Waals surface area contributed by atoms with E-state index in [0.29, 0.717) is 31.7 Å². The first-order chi connectivity index (χ1) is 13.3. The van der Waals surface area contributed by atoms with Gasteiger partial charge < -0.3 is 19.3 Å². The summed E-state index contributed by atoms with van der Waals surface area (Å²) >= 11 is 0. The molecule has 0 unspecified atom stereocenters. The number of amides is 2. The Morgan fingerprint density at radius 1 is 0.929 bits per heavy atom. The van der Waals surface area contributed by atoms with Gasteiger partial charge in [-0.25, -0.2) is 4.79 Å². The Hall–Kier alpha value is -2.12. The molecule has 0 N–H and O–H groups in total. The minimum atomic E-state index is -0.507. The molecule has 0 aromatic heterocycles. The second kappa shape index (κ2) is 8.92. The molecule has 0 bridgehead atoms. The molecular weight excluding hydrogens is 358 g/mol. The fourth-order valence-corrected chi connectivity index (χ4v) is 3.37. The molecule has 154 valence electrons. The average molecular weight is 389 g/mol. The van der Waals surface area contributed by atoms with E-state index in [1.807, 2.05) is 45.0 Å². The third-order valence-corrected chi connectivity index (χ3v) is 4.93. The second-order valence-corrected chi connectivity index (χ2v) is 8.35. The molecule has 0 radical (unpaired) electrons. The standard InChI is InChI=1S/C21H31N3O4/c1-21(2,3)28-20(26)24-10-8-23(9-11-24)19(25)18-6-4-17(5-7-18)16-22-12-14-27-15-13-22/h4-7H,8-16H2,1-3H3. The molecule has 2 amide bonds. The lowest BCUT2D eigenvalue weighted by Gasteiger charge is -2.35. The second-order valence-electron chi connectivity index (χ2n) is 8.35. The van der Waals surface area contributed by atoms with Crippen LogP contribution < -0.4 is 0 Å². The van der Waals surface area contributed by atoms with Crippen molar-refractivity contribution in [2.75, 3.05) is 52.5 Å². The smallest absolute Gasteiger partial charge is 0.410 e. The number of piperazine rings is 1. The lowest BCUT2D eigenvalue weighted by atomic mass is 10.1. The Bertz CT molecular complexity index is 670. The Labute approximate surface area is 167 Å². The molecular formula is C21H31N3O4. The zero-order chi connectivity index (χ0) is 20.1. The number of benzene rings is 1. The summed E-state index contributed by atoms with van der Waals surface area (Å²) in [6.07, 6.45) is -0.313. The maximum Gasteiger partial charge on any atom is 0.410 e. The van der Waals surface area contributed by atoms with E-state index in [1.54, 1.807) is 9.80 Å². The van der Waals surface area contributed by atoms with Crippen molar-refractivity contribution in [3.8, 4) is 0 Å². The summed E-state index contributed by atoms with van der Waals surface area (Å²) in [5.41, 5.74) is 1.39. The van der Waals surface area contributed by atoms with Crippen molar-refractivity contribution in [3.05, 3.63) is 35.4 Å². The Balaban J connectivity index is 1.50. The van der Waals surface area contributed by atoms with Crippen LogP contribution in [0, 0.1) is 0 Å². The van der Waals surface area contributed by atoms with Gasteiger partial charge >= 0.3 is 6.09 Å². The van der Waals surface area contributed by atoms with Crippen LogP contribution in [0.3, 0.4) is 0 Å². The number of morpholine rings is 1. The summed E-state index contributed by atoms with van der Waals surface area (Å²) in [4.78, 5) is 30.7. The van der Waals surface area contributed by atoms with E-state index >= 15 is 0 Å². The highest BCUT2D eigenvalue weighted by atomic mass is 16.6. The van der Waals surface area contributed by atoms with Crippen molar-refractivity contribution in [1.29, 1.82) is 0 Å². The van der Waals surface area contributed by atoms with Crippen LogP contribution in [0.15, 0.2) is 24.3 Å². The Kier molecular flexibility index (Phi) is 6.57. The predicted octanol–water partition coefficient (Wildman–Crippen LogP) is 2.21. The zero-order valence-corrected chi connectivity index (χ0v) is 17.1. The summed E-state index contributed by atoms with van der Waals surface area (Å²) in [6.45, 7) is 11.9. The van der Waals surface area contributed by atoms with Crippen molar-refractivity contribution in [1.82, 2.24) is 14.7 Å². The molecule has 0 saturated carbocycles. The van der Waals surface area contributed by atoms with Crippen molar-refractivity contribution in [2.45, 2.75) is 32.9 Å². The van der Waals surface area contributed by atoms with Crippen LogP contribution in [0.1, 0.15) is 36.7 Å². The molecule has 28 heavy (non-hydrogen) atoms. The number of ether oxygens (including phenoxy) is 2. The fourth-order valence-electron chi connectivity index (χ4n) is 3.37. The zero-order valence-electron chi connectivity index (χ0n) is 17.1. The maximum atomic E-state index is 12.8. The van der Waals surface area contributed by atoms with Crippen molar-refractivity contribution >= 4 is 12.0 Å². The van der Waals surface area contributed by atoms with E-state index in [2.05, 4.69) is 4.90 Å². The van der Waals surface area contributed by atoms with Gasteiger partial charge in [-0.2, -0.15) is 0 Å². The fraction of sp³-hybridized carbons (Fsp3) is 0.619. The van der Waals surface area contributed by atoms with Gasteiger partial charge in [-0.05, 0) is 38.5 Å². The van der Waals surface area contributed by atoms with Gasteiger partial charge in [0.25, 0.3) is 5.91 Å². The third kappa shape index (κ3) is 5.69. The first-order valence-corrected chi connectivity index (χ1v) is 9.98. The number of carbonyl (C=O) groups is 2. The highest BCUT2D eigenvalue weighted by molar-refractivity contribution is 5.94. The van der Waals surface area contributed by atoms with Crippen LogP contribution in [-0.2, 0) is 16.0 Å².